The average molecular weight is 476 g/mol. The molecule has 10 heteroatoms. The van der Waals surface area contributed by atoms with Gasteiger partial charge in [0.15, 0.2) is 11.6 Å². The van der Waals surface area contributed by atoms with Crippen molar-refractivity contribution in [2.24, 2.45) is 5.41 Å². The first-order valence-corrected chi connectivity index (χ1v) is 11.5. The monoisotopic (exact) mass is 475 g/mol. The van der Waals surface area contributed by atoms with E-state index in [1.54, 1.807) is 11.5 Å². The van der Waals surface area contributed by atoms with Gasteiger partial charge in [-0.3, -0.25) is 4.79 Å². The van der Waals surface area contributed by atoms with Crippen LogP contribution in [0, 0.1) is 11.2 Å². The molecule has 1 amide bonds. The Labute approximate surface area is 196 Å². The molecule has 2 heterocycles. The predicted molar refractivity (Wildman–Crippen MR) is 125 cm³/mol. The molecule has 1 saturated carbocycles. The van der Waals surface area contributed by atoms with E-state index in [0.29, 0.717) is 25.0 Å². The van der Waals surface area contributed by atoms with Gasteiger partial charge >= 0.3 is 12.1 Å². The van der Waals surface area contributed by atoms with Crippen LogP contribution in [-0.2, 0) is 4.74 Å². The number of carbonyl (C=O) groups excluding carboxylic acids is 1. The molecule has 184 valence electrons. The molecule has 0 radical (unpaired) electrons. The van der Waals surface area contributed by atoms with Crippen LogP contribution in [0.1, 0.15) is 56.4 Å². The molecule has 2 aromatic rings. The number of alkyl carbamates (subject to hydrolysis) is 1. The van der Waals surface area contributed by atoms with Crippen molar-refractivity contribution >= 4 is 28.7 Å². The fourth-order valence-electron chi connectivity index (χ4n) is 4.85. The van der Waals surface area contributed by atoms with Crippen LogP contribution in [-0.4, -0.2) is 54.6 Å². The SMILES string of the molecule is CCOC(=O)NC1CCN(c2c(F)cc3c(=O)c(C(=O)O)cn(C4CC4)c3c2OC)CC1(C)C. The highest BCUT2D eigenvalue weighted by atomic mass is 19.1. The van der Waals surface area contributed by atoms with Gasteiger partial charge in [-0.25, -0.2) is 14.0 Å². The minimum absolute atomic E-state index is 0.0111. The van der Waals surface area contributed by atoms with Crippen LogP contribution in [0.25, 0.3) is 10.9 Å². The number of carbonyl (C=O) groups is 2. The standard InChI is InChI=1S/C24H30FN3O6/c1-5-34-23(32)26-17-8-9-27(12-24(17,2)3)19-16(25)10-14-18(21(19)33-4)28(13-6-7-13)11-15(20(14)29)22(30)31/h10-11,13,17H,5-9,12H2,1-4H3,(H,26,32)(H,30,31). The van der Waals surface area contributed by atoms with E-state index in [9.17, 15) is 19.5 Å². The molecule has 2 fully saturated rings. The number of carboxylic acids is 1. The number of carboxylic acid groups (broad SMARTS) is 1. The molecule has 1 aromatic heterocycles. The molecule has 2 N–H and O–H groups in total. The van der Waals surface area contributed by atoms with Gasteiger partial charge in [0.1, 0.15) is 11.3 Å². The number of hydrogen-bond acceptors (Lipinski definition) is 6. The summed E-state index contributed by atoms with van der Waals surface area (Å²) in [7, 11) is 1.42. The summed E-state index contributed by atoms with van der Waals surface area (Å²) in [5.41, 5.74) is -0.905. The zero-order valence-electron chi connectivity index (χ0n) is 19.8. The number of ether oxygens (including phenoxy) is 2. The number of hydrogen-bond donors (Lipinski definition) is 2. The number of amides is 1. The minimum atomic E-state index is -1.34. The maximum absolute atomic E-state index is 15.6. The number of pyridine rings is 1. The Kier molecular flexibility index (Phi) is 6.18. The Bertz CT molecular complexity index is 1200. The van der Waals surface area contributed by atoms with Gasteiger partial charge in [-0.05, 0) is 32.3 Å². The molecule has 9 nitrogen and oxygen atoms in total. The maximum Gasteiger partial charge on any atom is 0.407 e. The Morgan fingerprint density at radius 1 is 1.29 bits per heavy atom. The van der Waals surface area contributed by atoms with E-state index in [0.717, 1.165) is 18.9 Å². The molecule has 1 unspecified atom stereocenters. The highest BCUT2D eigenvalue weighted by Crippen LogP contribution is 2.45. The fraction of sp³-hybridized carbons (Fsp3) is 0.542. The van der Waals surface area contributed by atoms with Crippen LogP contribution in [0.3, 0.4) is 0 Å². The third-order valence-electron chi connectivity index (χ3n) is 6.69. The first kappa shape index (κ1) is 23.8. The van der Waals surface area contributed by atoms with E-state index in [1.165, 1.54) is 13.3 Å². The van der Waals surface area contributed by atoms with Gasteiger partial charge in [0, 0.05) is 36.8 Å². The predicted octanol–water partition coefficient (Wildman–Crippen LogP) is 3.53. The third kappa shape index (κ3) is 4.17. The first-order chi connectivity index (χ1) is 16.1. The highest BCUT2D eigenvalue weighted by molar-refractivity contribution is 5.97. The molecule has 1 aromatic carbocycles. The number of aromatic carboxylic acids is 1. The van der Waals surface area contributed by atoms with Crippen molar-refractivity contribution in [2.45, 2.75) is 52.1 Å². The summed E-state index contributed by atoms with van der Waals surface area (Å²) in [6.07, 6.45) is 3.09. The molecule has 0 spiro atoms. The number of aromatic nitrogens is 1. The molecule has 34 heavy (non-hydrogen) atoms. The average Bonchev–Trinajstić information content (AvgIpc) is 3.60. The van der Waals surface area contributed by atoms with Gasteiger partial charge < -0.3 is 29.4 Å². The van der Waals surface area contributed by atoms with Gasteiger partial charge in [-0.2, -0.15) is 0 Å². The molecular formula is C24H30FN3O6. The zero-order valence-corrected chi connectivity index (χ0v) is 19.8. The number of nitrogens with zero attached hydrogens (tertiary/aromatic N) is 2. The van der Waals surface area contributed by atoms with Crippen molar-refractivity contribution in [2.75, 3.05) is 31.7 Å². The van der Waals surface area contributed by atoms with Crippen LogP contribution in [0.15, 0.2) is 17.1 Å². The number of piperidine rings is 1. The summed E-state index contributed by atoms with van der Waals surface area (Å²) in [5.74, 6) is -1.79. The van der Waals surface area contributed by atoms with Gasteiger partial charge in [0.25, 0.3) is 0 Å². The largest absolute Gasteiger partial charge is 0.492 e. The molecule has 2 aliphatic rings. The number of fused-ring (bicyclic) bond motifs is 1. The van der Waals surface area contributed by atoms with Crippen molar-refractivity contribution in [3.63, 3.8) is 0 Å². The van der Waals surface area contributed by atoms with Crippen LogP contribution >= 0.6 is 0 Å². The van der Waals surface area contributed by atoms with Gasteiger partial charge in [0.05, 0.1) is 24.6 Å². The lowest BCUT2D eigenvalue weighted by molar-refractivity contribution is 0.0694. The van der Waals surface area contributed by atoms with E-state index in [1.807, 2.05) is 18.7 Å². The second kappa shape index (κ2) is 8.81. The molecule has 1 atom stereocenters. The topological polar surface area (TPSA) is 110 Å². The third-order valence-corrected chi connectivity index (χ3v) is 6.69. The summed E-state index contributed by atoms with van der Waals surface area (Å²) in [6.45, 7) is 6.85. The van der Waals surface area contributed by atoms with Crippen molar-refractivity contribution in [3.8, 4) is 5.75 Å². The summed E-state index contributed by atoms with van der Waals surface area (Å²) < 4.78 is 28.0. The number of anilines is 1. The second-order valence-corrected chi connectivity index (χ2v) is 9.57. The normalized spacial score (nSPS) is 19.7. The van der Waals surface area contributed by atoms with Crippen molar-refractivity contribution in [3.05, 3.63) is 33.9 Å². The number of benzene rings is 1. The van der Waals surface area contributed by atoms with E-state index < -0.39 is 28.7 Å². The van der Waals surface area contributed by atoms with Crippen molar-refractivity contribution in [1.29, 1.82) is 0 Å². The lowest BCUT2D eigenvalue weighted by Crippen LogP contribution is -2.56. The Hall–Kier alpha value is -3.30. The van der Waals surface area contributed by atoms with E-state index in [2.05, 4.69) is 5.32 Å². The van der Waals surface area contributed by atoms with E-state index in [-0.39, 0.29) is 41.1 Å². The minimum Gasteiger partial charge on any atom is -0.492 e. The van der Waals surface area contributed by atoms with Gasteiger partial charge in [-0.1, -0.05) is 13.8 Å². The molecule has 4 rings (SSSR count). The second-order valence-electron chi connectivity index (χ2n) is 9.57. The molecule has 1 aliphatic heterocycles. The number of methoxy groups -OCH3 is 1. The van der Waals surface area contributed by atoms with Crippen LogP contribution in [0.2, 0.25) is 0 Å². The summed E-state index contributed by atoms with van der Waals surface area (Å²) in [6, 6.07) is 0.987. The molecule has 1 saturated heterocycles. The Morgan fingerprint density at radius 2 is 2.00 bits per heavy atom. The first-order valence-electron chi connectivity index (χ1n) is 11.5. The van der Waals surface area contributed by atoms with Crippen LogP contribution in [0.5, 0.6) is 5.75 Å². The number of nitrogens with one attached hydrogen (secondary N) is 1. The van der Waals surface area contributed by atoms with Gasteiger partial charge in [0.2, 0.25) is 5.43 Å². The van der Waals surface area contributed by atoms with E-state index in [4.69, 9.17) is 9.47 Å². The Balaban J connectivity index is 1.80. The molecule has 1 aliphatic carbocycles. The highest BCUT2D eigenvalue weighted by Gasteiger charge is 2.39. The number of halogens is 1. The van der Waals surface area contributed by atoms with E-state index >= 15 is 4.39 Å². The summed E-state index contributed by atoms with van der Waals surface area (Å²) in [5, 5.41) is 12.4. The quantitative estimate of drug-likeness (QED) is 0.658. The smallest absolute Gasteiger partial charge is 0.407 e. The zero-order chi connectivity index (χ0) is 24.8. The fourth-order valence-corrected chi connectivity index (χ4v) is 4.85. The van der Waals surface area contributed by atoms with Crippen LogP contribution in [0.4, 0.5) is 14.9 Å². The lowest BCUT2D eigenvalue weighted by atomic mass is 9.79. The molecule has 0 bridgehead atoms. The summed E-state index contributed by atoms with van der Waals surface area (Å²) >= 11 is 0. The Morgan fingerprint density at radius 3 is 2.56 bits per heavy atom. The van der Waals surface area contributed by atoms with Crippen molar-refractivity contribution in [1.82, 2.24) is 9.88 Å². The van der Waals surface area contributed by atoms with Gasteiger partial charge in [-0.15, -0.1) is 0 Å². The maximum atomic E-state index is 15.6. The molecular weight excluding hydrogens is 445 g/mol. The number of rotatable bonds is 6. The van der Waals surface area contributed by atoms with Crippen molar-refractivity contribution < 1.29 is 28.6 Å². The summed E-state index contributed by atoms with van der Waals surface area (Å²) in [4.78, 5) is 38.4. The lowest BCUT2D eigenvalue weighted by Gasteiger charge is -2.45. The van der Waals surface area contributed by atoms with Crippen LogP contribution < -0.4 is 20.4 Å².